The predicted molar refractivity (Wildman–Crippen MR) is 83.5 cm³/mol. The van der Waals surface area contributed by atoms with Gasteiger partial charge in [0.1, 0.15) is 0 Å². The van der Waals surface area contributed by atoms with Gasteiger partial charge in [-0.2, -0.15) is 4.73 Å². The minimum Gasteiger partial charge on any atom is -0.428 e. The Morgan fingerprint density at radius 2 is 1.62 bits per heavy atom. The molecule has 0 aliphatic carbocycles. The number of nitrogens with zero attached hydrogens (tertiary/aromatic N) is 1. The van der Waals surface area contributed by atoms with Gasteiger partial charge in [0.25, 0.3) is 0 Å². The third-order valence-corrected chi connectivity index (χ3v) is 5.53. The van der Waals surface area contributed by atoms with Crippen LogP contribution >= 0.6 is 7.60 Å². The summed E-state index contributed by atoms with van der Waals surface area (Å²) in [6.07, 6.45) is -0.510. The highest BCUT2D eigenvalue weighted by Crippen LogP contribution is 2.52. The maximum Gasteiger partial charge on any atom is 0.364 e. The molecule has 0 amide bonds. The van der Waals surface area contributed by atoms with E-state index < -0.39 is 7.60 Å². The minimum absolute atomic E-state index is 0.255. The zero-order valence-corrected chi connectivity index (χ0v) is 13.9. The van der Waals surface area contributed by atoms with Crippen molar-refractivity contribution in [3.63, 3.8) is 0 Å². The molecule has 5 nitrogen and oxygen atoms in total. The molecular formula is C15H22NO4P. The molecule has 0 bridgehead atoms. The van der Waals surface area contributed by atoms with Crippen molar-refractivity contribution in [1.82, 2.24) is 4.73 Å². The van der Waals surface area contributed by atoms with Crippen LogP contribution in [0.5, 0.6) is 0 Å². The van der Waals surface area contributed by atoms with Crippen molar-refractivity contribution >= 4 is 23.8 Å². The molecule has 1 N–H and O–H groups in total. The summed E-state index contributed by atoms with van der Waals surface area (Å²) in [5.74, 6) is 0. The third kappa shape index (κ3) is 3.00. The van der Waals surface area contributed by atoms with Gasteiger partial charge in [0.05, 0.1) is 28.7 Å². The van der Waals surface area contributed by atoms with Crippen molar-refractivity contribution in [2.75, 3.05) is 0 Å². The zero-order valence-electron chi connectivity index (χ0n) is 13.0. The van der Waals surface area contributed by atoms with Crippen LogP contribution in [0.2, 0.25) is 0 Å². The van der Waals surface area contributed by atoms with Crippen LogP contribution in [-0.2, 0) is 13.6 Å². The maximum atomic E-state index is 13.3. The van der Waals surface area contributed by atoms with Crippen molar-refractivity contribution in [1.29, 1.82) is 0 Å². The number of hydrogen-bond acceptors (Lipinski definition) is 4. The van der Waals surface area contributed by atoms with Crippen LogP contribution in [0.3, 0.4) is 0 Å². The second kappa shape index (κ2) is 5.84. The van der Waals surface area contributed by atoms with Crippen molar-refractivity contribution in [3.05, 3.63) is 30.0 Å². The van der Waals surface area contributed by atoms with Crippen LogP contribution in [0.15, 0.2) is 24.3 Å². The molecule has 1 aromatic carbocycles. The lowest BCUT2D eigenvalue weighted by Gasteiger charge is -2.23. The first-order valence-corrected chi connectivity index (χ1v) is 8.57. The standard InChI is InChI=1S/C15H22NO4P/c1-10(2)19-21(18,20-11(3)4)15-12(5)16(17)14-9-7-6-8-13(14)15/h6-11,17H,1-5H3. The van der Waals surface area contributed by atoms with E-state index in [1.807, 2.05) is 45.9 Å². The highest BCUT2D eigenvalue weighted by atomic mass is 31.2. The maximum absolute atomic E-state index is 13.3. The second-order valence-corrected chi connectivity index (χ2v) is 7.43. The van der Waals surface area contributed by atoms with E-state index in [0.717, 1.165) is 4.73 Å². The quantitative estimate of drug-likeness (QED) is 0.673. The van der Waals surface area contributed by atoms with E-state index >= 15 is 0 Å². The van der Waals surface area contributed by atoms with Crippen LogP contribution in [0.1, 0.15) is 33.4 Å². The first-order valence-electron chi connectivity index (χ1n) is 7.03. The average Bonchev–Trinajstić information content (AvgIpc) is 2.61. The Balaban J connectivity index is 2.71. The number of fused-ring (bicyclic) bond motifs is 1. The van der Waals surface area contributed by atoms with E-state index in [1.54, 1.807) is 13.0 Å². The molecule has 0 fully saturated rings. The summed E-state index contributed by atoms with van der Waals surface area (Å²) in [6.45, 7) is 8.94. The van der Waals surface area contributed by atoms with E-state index in [1.165, 1.54) is 0 Å². The van der Waals surface area contributed by atoms with Crippen LogP contribution in [0, 0.1) is 6.92 Å². The van der Waals surface area contributed by atoms with Crippen molar-refractivity contribution in [2.24, 2.45) is 0 Å². The molecule has 0 aliphatic rings. The van der Waals surface area contributed by atoms with Gasteiger partial charge in [-0.25, -0.2) is 0 Å². The Morgan fingerprint density at radius 1 is 1.10 bits per heavy atom. The molecule has 0 radical (unpaired) electrons. The molecule has 6 heteroatoms. The van der Waals surface area contributed by atoms with E-state index in [4.69, 9.17) is 9.05 Å². The van der Waals surface area contributed by atoms with Gasteiger partial charge < -0.3 is 14.3 Å². The van der Waals surface area contributed by atoms with E-state index in [9.17, 15) is 9.77 Å². The van der Waals surface area contributed by atoms with Crippen molar-refractivity contribution in [2.45, 2.75) is 46.8 Å². The molecule has 2 rings (SSSR count). The Morgan fingerprint density at radius 3 is 2.14 bits per heavy atom. The fourth-order valence-corrected chi connectivity index (χ4v) is 4.71. The lowest BCUT2D eigenvalue weighted by atomic mass is 10.2. The summed E-state index contributed by atoms with van der Waals surface area (Å²) in [5.41, 5.74) is 1.06. The molecule has 0 saturated carbocycles. The summed E-state index contributed by atoms with van der Waals surface area (Å²) in [4.78, 5) is 0. The monoisotopic (exact) mass is 311 g/mol. The lowest BCUT2D eigenvalue weighted by Crippen LogP contribution is -2.18. The second-order valence-electron chi connectivity index (χ2n) is 5.57. The van der Waals surface area contributed by atoms with Crippen molar-refractivity contribution < 1.29 is 18.8 Å². The smallest absolute Gasteiger partial charge is 0.364 e. The van der Waals surface area contributed by atoms with Gasteiger partial charge in [-0.3, -0.25) is 4.57 Å². The molecule has 21 heavy (non-hydrogen) atoms. The number of benzene rings is 1. The number of hydrogen-bond donors (Lipinski definition) is 1. The molecule has 1 aromatic heterocycles. The van der Waals surface area contributed by atoms with Gasteiger partial charge >= 0.3 is 7.60 Å². The zero-order chi connectivity index (χ0) is 15.8. The Labute approximate surface area is 125 Å². The van der Waals surface area contributed by atoms with E-state index in [-0.39, 0.29) is 12.2 Å². The first-order chi connectivity index (χ1) is 9.76. The number of aromatic nitrogens is 1. The van der Waals surface area contributed by atoms with Gasteiger partial charge in [-0.1, -0.05) is 18.2 Å². The molecule has 0 unspecified atom stereocenters. The topological polar surface area (TPSA) is 60.7 Å². The Kier molecular flexibility index (Phi) is 4.47. The molecule has 116 valence electrons. The summed E-state index contributed by atoms with van der Waals surface area (Å²) in [6, 6.07) is 7.22. The highest BCUT2D eigenvalue weighted by molar-refractivity contribution is 7.63. The normalized spacial score (nSPS) is 12.7. The molecular weight excluding hydrogens is 289 g/mol. The largest absolute Gasteiger partial charge is 0.428 e. The van der Waals surface area contributed by atoms with Gasteiger partial charge in [0.15, 0.2) is 0 Å². The fourth-order valence-electron chi connectivity index (χ4n) is 2.37. The van der Waals surface area contributed by atoms with Crippen LogP contribution in [0.25, 0.3) is 10.9 Å². The minimum atomic E-state index is -3.53. The summed E-state index contributed by atoms with van der Waals surface area (Å²) in [7, 11) is -3.53. The van der Waals surface area contributed by atoms with Gasteiger partial charge in [0, 0.05) is 5.39 Å². The summed E-state index contributed by atoms with van der Waals surface area (Å²) in [5, 5.41) is 11.3. The third-order valence-electron chi connectivity index (χ3n) is 3.02. The molecule has 0 saturated heterocycles. The predicted octanol–water partition coefficient (Wildman–Crippen LogP) is 3.86. The van der Waals surface area contributed by atoms with E-state index in [0.29, 0.717) is 21.9 Å². The van der Waals surface area contributed by atoms with Gasteiger partial charge in [0.2, 0.25) is 0 Å². The first kappa shape index (κ1) is 16.1. The average molecular weight is 311 g/mol. The van der Waals surface area contributed by atoms with Gasteiger partial charge in [-0.05, 0) is 40.7 Å². The van der Waals surface area contributed by atoms with Crippen LogP contribution in [-0.4, -0.2) is 22.1 Å². The highest BCUT2D eigenvalue weighted by Gasteiger charge is 2.36. The Hall–Kier alpha value is -1.29. The van der Waals surface area contributed by atoms with Crippen LogP contribution in [0.4, 0.5) is 0 Å². The lowest BCUT2D eigenvalue weighted by molar-refractivity contribution is 0.149. The van der Waals surface area contributed by atoms with E-state index in [2.05, 4.69) is 0 Å². The van der Waals surface area contributed by atoms with Crippen LogP contribution < -0.4 is 5.30 Å². The molecule has 0 atom stereocenters. The summed E-state index contributed by atoms with van der Waals surface area (Å²) < 4.78 is 25.6. The SMILES string of the molecule is Cc1c(P(=O)(OC(C)C)OC(C)C)c2ccccc2n1O. The Bertz CT molecular complexity index is 676. The molecule has 0 aliphatic heterocycles. The molecule has 2 aromatic rings. The number of rotatable bonds is 5. The molecule has 0 spiro atoms. The summed E-state index contributed by atoms with van der Waals surface area (Å²) >= 11 is 0. The van der Waals surface area contributed by atoms with Crippen molar-refractivity contribution in [3.8, 4) is 0 Å². The molecule has 1 heterocycles. The number of para-hydroxylation sites is 1. The van der Waals surface area contributed by atoms with Gasteiger partial charge in [-0.15, -0.1) is 0 Å². The fraction of sp³-hybridized carbons (Fsp3) is 0.467.